The number of hydrogen-bond donors (Lipinski definition) is 0. The highest BCUT2D eigenvalue weighted by Gasteiger charge is 2.15. The molecular weight excluding hydrogens is 196 g/mol. The zero-order chi connectivity index (χ0) is 11.0. The van der Waals surface area contributed by atoms with Gasteiger partial charge in [-0.15, -0.1) is 0 Å². The molecule has 0 heterocycles. The SMILES string of the molecule is O=C([O-])c1cc2c(cc1C(=O)[O-])CCC2. The third-order valence-corrected chi connectivity index (χ3v) is 2.67. The molecule has 4 nitrogen and oxygen atoms in total. The molecule has 78 valence electrons. The van der Waals surface area contributed by atoms with Gasteiger partial charge in [-0.05, 0) is 42.5 Å². The van der Waals surface area contributed by atoms with Gasteiger partial charge >= 0.3 is 0 Å². The number of carboxylic acid groups (broad SMARTS) is 2. The number of rotatable bonds is 2. The summed E-state index contributed by atoms with van der Waals surface area (Å²) in [4.78, 5) is 21.4. The molecule has 1 aromatic carbocycles. The van der Waals surface area contributed by atoms with Crippen LogP contribution in [0, 0.1) is 0 Å². The average molecular weight is 204 g/mol. The molecule has 0 amide bonds. The number of benzene rings is 1. The van der Waals surface area contributed by atoms with E-state index in [2.05, 4.69) is 0 Å². The molecule has 0 N–H and O–H groups in total. The Bertz CT molecular complexity index is 407. The predicted octanol–water partition coefficient (Wildman–Crippen LogP) is -1.10. The summed E-state index contributed by atoms with van der Waals surface area (Å²) < 4.78 is 0. The highest BCUT2D eigenvalue weighted by atomic mass is 16.4. The van der Waals surface area contributed by atoms with E-state index in [0.29, 0.717) is 0 Å². The normalized spacial score (nSPS) is 13.6. The van der Waals surface area contributed by atoms with Gasteiger partial charge in [0.15, 0.2) is 0 Å². The van der Waals surface area contributed by atoms with Crippen LogP contribution in [-0.4, -0.2) is 11.9 Å². The van der Waals surface area contributed by atoms with Crippen LogP contribution >= 0.6 is 0 Å². The average Bonchev–Trinajstić information content (AvgIpc) is 2.61. The Hall–Kier alpha value is -1.84. The maximum atomic E-state index is 10.7. The summed E-state index contributed by atoms with van der Waals surface area (Å²) in [5.41, 5.74) is 1.24. The third-order valence-electron chi connectivity index (χ3n) is 2.67. The lowest BCUT2D eigenvalue weighted by atomic mass is 10.00. The molecule has 2 rings (SSSR count). The molecular formula is C11H8O4-2. The topological polar surface area (TPSA) is 80.3 Å². The standard InChI is InChI=1S/C11H10O4/c12-10(13)8-4-6-2-1-3-7(6)5-9(8)11(14)15/h4-5H,1-3H2,(H,12,13)(H,14,15)/p-2. The summed E-state index contributed by atoms with van der Waals surface area (Å²) in [7, 11) is 0. The highest BCUT2D eigenvalue weighted by molar-refractivity contribution is 6.00. The van der Waals surface area contributed by atoms with Crippen LogP contribution in [0.4, 0.5) is 0 Å². The molecule has 0 saturated heterocycles. The Morgan fingerprint density at radius 3 is 1.67 bits per heavy atom. The monoisotopic (exact) mass is 204 g/mol. The molecule has 0 unspecified atom stereocenters. The van der Waals surface area contributed by atoms with Gasteiger partial charge in [0.05, 0.1) is 11.9 Å². The number of fused-ring (bicyclic) bond motifs is 1. The molecule has 0 radical (unpaired) electrons. The Morgan fingerprint density at radius 1 is 0.933 bits per heavy atom. The minimum absolute atomic E-state index is 0.282. The molecule has 15 heavy (non-hydrogen) atoms. The number of aromatic carboxylic acids is 2. The highest BCUT2D eigenvalue weighted by Crippen LogP contribution is 2.25. The Labute approximate surface area is 86.2 Å². The first-order valence-electron chi connectivity index (χ1n) is 4.68. The lowest BCUT2D eigenvalue weighted by Crippen LogP contribution is -2.30. The number of carbonyl (C=O) groups is 2. The number of carboxylic acids is 2. The molecule has 0 spiro atoms. The van der Waals surface area contributed by atoms with Crippen LogP contribution in [0.15, 0.2) is 12.1 Å². The van der Waals surface area contributed by atoms with Gasteiger partial charge in [-0.2, -0.15) is 0 Å². The number of carbonyl (C=O) groups excluding carboxylic acids is 2. The molecule has 0 bridgehead atoms. The first kappa shape index (κ1) is 9.71. The van der Waals surface area contributed by atoms with Crippen LogP contribution in [0.25, 0.3) is 0 Å². The van der Waals surface area contributed by atoms with Crippen molar-refractivity contribution < 1.29 is 19.8 Å². The van der Waals surface area contributed by atoms with Crippen LogP contribution < -0.4 is 10.2 Å². The predicted molar refractivity (Wildman–Crippen MR) is 47.1 cm³/mol. The first-order valence-corrected chi connectivity index (χ1v) is 4.68. The van der Waals surface area contributed by atoms with Crippen molar-refractivity contribution in [2.45, 2.75) is 19.3 Å². The minimum Gasteiger partial charge on any atom is -0.545 e. The summed E-state index contributed by atoms with van der Waals surface area (Å²) in [5, 5.41) is 21.4. The van der Waals surface area contributed by atoms with Crippen LogP contribution in [0.5, 0.6) is 0 Å². The van der Waals surface area contributed by atoms with E-state index in [1.165, 1.54) is 12.1 Å². The van der Waals surface area contributed by atoms with Crippen molar-refractivity contribution in [3.05, 3.63) is 34.4 Å². The molecule has 0 saturated carbocycles. The summed E-state index contributed by atoms with van der Waals surface area (Å²) in [6.07, 6.45) is 2.52. The van der Waals surface area contributed by atoms with E-state index in [0.717, 1.165) is 30.4 Å². The van der Waals surface area contributed by atoms with Crippen molar-refractivity contribution in [3.63, 3.8) is 0 Å². The molecule has 0 atom stereocenters. The fourth-order valence-corrected chi connectivity index (χ4v) is 1.96. The molecule has 1 aromatic rings. The molecule has 0 aromatic heterocycles. The molecule has 0 aliphatic heterocycles. The van der Waals surface area contributed by atoms with E-state index in [1.54, 1.807) is 0 Å². The van der Waals surface area contributed by atoms with Gasteiger partial charge in [0.2, 0.25) is 0 Å². The van der Waals surface area contributed by atoms with E-state index < -0.39 is 11.9 Å². The van der Waals surface area contributed by atoms with Crippen LogP contribution in [0.1, 0.15) is 38.3 Å². The zero-order valence-corrected chi connectivity index (χ0v) is 7.91. The Balaban J connectivity index is 2.62. The summed E-state index contributed by atoms with van der Waals surface area (Å²) in [6, 6.07) is 2.78. The molecule has 1 aliphatic carbocycles. The van der Waals surface area contributed by atoms with E-state index in [-0.39, 0.29) is 11.1 Å². The fourth-order valence-electron chi connectivity index (χ4n) is 1.96. The second-order valence-corrected chi connectivity index (χ2v) is 3.59. The van der Waals surface area contributed by atoms with Gasteiger partial charge in [-0.1, -0.05) is 0 Å². The van der Waals surface area contributed by atoms with Crippen LogP contribution in [0.3, 0.4) is 0 Å². The third kappa shape index (κ3) is 1.58. The number of aryl methyl sites for hydroxylation is 2. The van der Waals surface area contributed by atoms with Crippen molar-refractivity contribution in [2.75, 3.05) is 0 Å². The summed E-state index contributed by atoms with van der Waals surface area (Å²) >= 11 is 0. The summed E-state index contributed by atoms with van der Waals surface area (Å²) in [6.45, 7) is 0. The van der Waals surface area contributed by atoms with Gasteiger partial charge in [-0.3, -0.25) is 0 Å². The van der Waals surface area contributed by atoms with Crippen LogP contribution in [-0.2, 0) is 12.8 Å². The van der Waals surface area contributed by atoms with Crippen molar-refractivity contribution in [1.82, 2.24) is 0 Å². The number of hydrogen-bond acceptors (Lipinski definition) is 4. The first-order chi connectivity index (χ1) is 7.09. The molecule has 0 fully saturated rings. The van der Waals surface area contributed by atoms with Gasteiger partial charge in [-0.25, -0.2) is 0 Å². The molecule has 4 heteroatoms. The lowest BCUT2D eigenvalue weighted by molar-refractivity contribution is -0.259. The van der Waals surface area contributed by atoms with Crippen molar-refractivity contribution in [3.8, 4) is 0 Å². The quantitative estimate of drug-likeness (QED) is 0.612. The van der Waals surface area contributed by atoms with Crippen molar-refractivity contribution >= 4 is 11.9 Å². The van der Waals surface area contributed by atoms with Crippen LogP contribution in [0.2, 0.25) is 0 Å². The smallest absolute Gasteiger partial charge is 0.0722 e. The lowest BCUT2D eigenvalue weighted by Gasteiger charge is -2.13. The van der Waals surface area contributed by atoms with E-state index in [4.69, 9.17) is 0 Å². The second kappa shape index (κ2) is 3.38. The fraction of sp³-hybridized carbons (Fsp3) is 0.273. The zero-order valence-electron chi connectivity index (χ0n) is 7.91. The maximum absolute atomic E-state index is 10.7. The minimum atomic E-state index is -1.47. The Kier molecular flexibility index (Phi) is 2.19. The van der Waals surface area contributed by atoms with Crippen molar-refractivity contribution in [1.29, 1.82) is 0 Å². The van der Waals surface area contributed by atoms with E-state index in [9.17, 15) is 19.8 Å². The van der Waals surface area contributed by atoms with E-state index in [1.807, 2.05) is 0 Å². The largest absolute Gasteiger partial charge is 0.545 e. The molecule has 1 aliphatic rings. The summed E-state index contributed by atoms with van der Waals surface area (Å²) in [5.74, 6) is -2.94. The van der Waals surface area contributed by atoms with Gasteiger partial charge in [0, 0.05) is 11.1 Å². The second-order valence-electron chi connectivity index (χ2n) is 3.59. The Morgan fingerprint density at radius 2 is 1.33 bits per heavy atom. The maximum Gasteiger partial charge on any atom is 0.0722 e. The van der Waals surface area contributed by atoms with Gasteiger partial charge in [0.1, 0.15) is 0 Å². The van der Waals surface area contributed by atoms with Gasteiger partial charge < -0.3 is 19.8 Å². The van der Waals surface area contributed by atoms with Crippen molar-refractivity contribution in [2.24, 2.45) is 0 Å². The van der Waals surface area contributed by atoms with Gasteiger partial charge in [0.25, 0.3) is 0 Å². The van der Waals surface area contributed by atoms with E-state index >= 15 is 0 Å².